The number of nitrogens with two attached hydrogens (primary N) is 1. The van der Waals surface area contributed by atoms with E-state index in [2.05, 4.69) is 11.2 Å². The van der Waals surface area contributed by atoms with Crippen molar-refractivity contribution in [2.75, 3.05) is 51.0 Å². The van der Waals surface area contributed by atoms with Gasteiger partial charge in [-0.15, -0.1) is 0 Å². The third kappa shape index (κ3) is 5.05. The maximum Gasteiger partial charge on any atom is 0.211 e. The minimum Gasteiger partial charge on any atom is -0.329 e. The van der Waals surface area contributed by atoms with E-state index in [-0.39, 0.29) is 0 Å². The van der Waals surface area contributed by atoms with Crippen molar-refractivity contribution in [3.8, 4) is 0 Å². The lowest BCUT2D eigenvalue weighted by Gasteiger charge is -2.38. The largest absolute Gasteiger partial charge is 0.329 e. The predicted molar refractivity (Wildman–Crippen MR) is 78.4 cm³/mol. The van der Waals surface area contributed by atoms with Gasteiger partial charge >= 0.3 is 0 Å². The molecule has 0 aromatic heterocycles. The van der Waals surface area contributed by atoms with Crippen molar-refractivity contribution < 1.29 is 8.42 Å². The Hall–Kier alpha value is 0.180. The quantitative estimate of drug-likeness (QED) is 0.672. The van der Waals surface area contributed by atoms with E-state index in [0.717, 1.165) is 19.5 Å². The molecular formula is C11H25N3O2S2. The summed E-state index contributed by atoms with van der Waals surface area (Å²) in [6.07, 6.45) is 5.68. The number of thioether (sulfide) groups is 1. The van der Waals surface area contributed by atoms with E-state index in [1.165, 1.54) is 18.4 Å². The molecule has 7 heteroatoms. The van der Waals surface area contributed by atoms with Crippen LogP contribution in [0.25, 0.3) is 0 Å². The molecule has 0 saturated carbocycles. The SMILES string of the molecule is CSCCCC(CN)N1CCN(S(C)(=O)=O)CC1. The Bertz CT molecular complexity index is 327. The summed E-state index contributed by atoms with van der Waals surface area (Å²) < 4.78 is 24.4. The number of nitrogens with zero attached hydrogens (tertiary/aromatic N) is 2. The van der Waals surface area contributed by atoms with Gasteiger partial charge in [-0.1, -0.05) is 0 Å². The van der Waals surface area contributed by atoms with Crippen LogP contribution in [0.2, 0.25) is 0 Å². The zero-order valence-corrected chi connectivity index (χ0v) is 13.0. The minimum atomic E-state index is -3.03. The highest BCUT2D eigenvalue weighted by atomic mass is 32.2. The molecule has 1 aliphatic heterocycles. The monoisotopic (exact) mass is 295 g/mol. The molecule has 0 aromatic rings. The molecule has 1 aliphatic rings. The molecule has 1 fully saturated rings. The number of rotatable bonds is 7. The van der Waals surface area contributed by atoms with Crippen LogP contribution in [0.5, 0.6) is 0 Å². The molecule has 108 valence electrons. The van der Waals surface area contributed by atoms with Crippen molar-refractivity contribution >= 4 is 21.8 Å². The second-order valence-electron chi connectivity index (χ2n) is 4.72. The van der Waals surface area contributed by atoms with Gasteiger partial charge in [-0.05, 0) is 24.9 Å². The molecule has 1 unspecified atom stereocenters. The highest BCUT2D eigenvalue weighted by Gasteiger charge is 2.26. The minimum absolute atomic E-state index is 0.402. The number of hydrogen-bond acceptors (Lipinski definition) is 5. The Balaban J connectivity index is 2.40. The van der Waals surface area contributed by atoms with Gasteiger partial charge in [-0.3, -0.25) is 4.90 Å². The fourth-order valence-electron chi connectivity index (χ4n) is 2.31. The van der Waals surface area contributed by atoms with Gasteiger partial charge in [0.1, 0.15) is 0 Å². The number of hydrogen-bond donors (Lipinski definition) is 1. The summed E-state index contributed by atoms with van der Waals surface area (Å²) in [6.45, 7) is 3.45. The molecule has 18 heavy (non-hydrogen) atoms. The summed E-state index contributed by atoms with van der Waals surface area (Å²) in [4.78, 5) is 2.34. The van der Waals surface area contributed by atoms with E-state index >= 15 is 0 Å². The molecule has 1 heterocycles. The molecule has 0 spiro atoms. The highest BCUT2D eigenvalue weighted by molar-refractivity contribution is 7.98. The Morgan fingerprint density at radius 1 is 1.28 bits per heavy atom. The average Bonchev–Trinajstić information content (AvgIpc) is 2.34. The molecule has 1 atom stereocenters. The van der Waals surface area contributed by atoms with Gasteiger partial charge in [0, 0.05) is 38.8 Å². The summed E-state index contributed by atoms with van der Waals surface area (Å²) in [5.74, 6) is 1.17. The second-order valence-corrected chi connectivity index (χ2v) is 7.69. The van der Waals surface area contributed by atoms with Crippen molar-refractivity contribution in [1.82, 2.24) is 9.21 Å². The van der Waals surface area contributed by atoms with Gasteiger partial charge in [0.15, 0.2) is 0 Å². The van der Waals surface area contributed by atoms with Gasteiger partial charge in [0.25, 0.3) is 0 Å². The van der Waals surface area contributed by atoms with Gasteiger partial charge in [0.2, 0.25) is 10.0 Å². The number of piperazine rings is 1. The van der Waals surface area contributed by atoms with Gasteiger partial charge in [0.05, 0.1) is 6.26 Å². The molecule has 1 saturated heterocycles. The topological polar surface area (TPSA) is 66.6 Å². The fraction of sp³-hybridized carbons (Fsp3) is 1.00. The van der Waals surface area contributed by atoms with Crippen LogP contribution in [-0.2, 0) is 10.0 Å². The van der Waals surface area contributed by atoms with E-state index < -0.39 is 10.0 Å². The van der Waals surface area contributed by atoms with Crippen LogP contribution in [0, 0.1) is 0 Å². The average molecular weight is 295 g/mol. The summed E-state index contributed by atoms with van der Waals surface area (Å²) in [6, 6.07) is 0.402. The zero-order valence-electron chi connectivity index (χ0n) is 11.3. The van der Waals surface area contributed by atoms with E-state index in [1.54, 1.807) is 4.31 Å². The summed E-state index contributed by atoms with van der Waals surface area (Å²) in [7, 11) is -3.03. The zero-order chi connectivity index (χ0) is 13.6. The van der Waals surface area contributed by atoms with Gasteiger partial charge in [-0.2, -0.15) is 16.1 Å². The molecule has 2 N–H and O–H groups in total. The van der Waals surface area contributed by atoms with Crippen LogP contribution in [0.1, 0.15) is 12.8 Å². The van der Waals surface area contributed by atoms with Crippen molar-refractivity contribution in [3.05, 3.63) is 0 Å². The van der Waals surface area contributed by atoms with Crippen molar-refractivity contribution in [3.63, 3.8) is 0 Å². The molecule has 0 aromatic carbocycles. The first-order valence-corrected chi connectivity index (χ1v) is 9.61. The Morgan fingerprint density at radius 3 is 2.33 bits per heavy atom. The van der Waals surface area contributed by atoms with Crippen molar-refractivity contribution in [2.45, 2.75) is 18.9 Å². The van der Waals surface area contributed by atoms with Crippen LogP contribution in [0.15, 0.2) is 0 Å². The summed E-state index contributed by atoms with van der Waals surface area (Å²) in [5.41, 5.74) is 5.83. The molecule has 5 nitrogen and oxygen atoms in total. The molecule has 0 aliphatic carbocycles. The molecule has 0 amide bonds. The lowest BCUT2D eigenvalue weighted by molar-refractivity contribution is 0.134. The number of sulfonamides is 1. The maximum absolute atomic E-state index is 11.4. The lowest BCUT2D eigenvalue weighted by atomic mass is 10.1. The van der Waals surface area contributed by atoms with Crippen LogP contribution in [-0.4, -0.2) is 74.7 Å². The molecule has 0 radical (unpaired) electrons. The van der Waals surface area contributed by atoms with E-state index in [0.29, 0.717) is 25.7 Å². The Morgan fingerprint density at radius 2 is 1.89 bits per heavy atom. The predicted octanol–water partition coefficient (Wildman–Crippen LogP) is 0.0341. The van der Waals surface area contributed by atoms with Gasteiger partial charge < -0.3 is 5.73 Å². The maximum atomic E-state index is 11.4. The highest BCUT2D eigenvalue weighted by Crippen LogP contribution is 2.13. The van der Waals surface area contributed by atoms with Crippen molar-refractivity contribution in [2.24, 2.45) is 5.73 Å². The first-order chi connectivity index (χ1) is 8.49. The molecule has 0 bridgehead atoms. The van der Waals surface area contributed by atoms with E-state index in [1.807, 2.05) is 11.8 Å². The lowest BCUT2D eigenvalue weighted by Crippen LogP contribution is -2.53. The molecule has 1 rings (SSSR count). The van der Waals surface area contributed by atoms with E-state index in [4.69, 9.17) is 5.73 Å². The first kappa shape index (κ1) is 16.2. The Labute approximate surface area is 115 Å². The van der Waals surface area contributed by atoms with Crippen LogP contribution >= 0.6 is 11.8 Å². The van der Waals surface area contributed by atoms with Gasteiger partial charge in [-0.25, -0.2) is 8.42 Å². The second kappa shape index (κ2) is 7.69. The normalized spacial score (nSPS) is 21.1. The van der Waals surface area contributed by atoms with Crippen LogP contribution < -0.4 is 5.73 Å². The first-order valence-electron chi connectivity index (χ1n) is 6.37. The van der Waals surface area contributed by atoms with Crippen molar-refractivity contribution in [1.29, 1.82) is 0 Å². The summed E-state index contributed by atoms with van der Waals surface area (Å²) in [5, 5.41) is 0. The third-order valence-corrected chi connectivity index (χ3v) is 5.42. The standard InChI is InChI=1S/C11H25N3O2S2/c1-17-9-3-4-11(10-12)13-5-7-14(8-6-13)18(2,15)16/h11H,3-10,12H2,1-2H3. The van der Waals surface area contributed by atoms with Crippen LogP contribution in [0.4, 0.5) is 0 Å². The molecular weight excluding hydrogens is 270 g/mol. The third-order valence-electron chi connectivity index (χ3n) is 3.42. The van der Waals surface area contributed by atoms with Crippen LogP contribution in [0.3, 0.4) is 0 Å². The summed E-state index contributed by atoms with van der Waals surface area (Å²) >= 11 is 1.86. The van der Waals surface area contributed by atoms with E-state index in [9.17, 15) is 8.42 Å². The fourth-order valence-corrected chi connectivity index (χ4v) is 3.60. The smallest absolute Gasteiger partial charge is 0.211 e. The Kier molecular flexibility index (Phi) is 6.94.